The van der Waals surface area contributed by atoms with Crippen LogP contribution in [0.15, 0.2) is 12.4 Å². The molecule has 1 N–H and O–H groups in total. The molecule has 0 spiro atoms. The van der Waals surface area contributed by atoms with Crippen molar-refractivity contribution in [3.8, 4) is 0 Å². The van der Waals surface area contributed by atoms with Crippen LogP contribution < -0.4 is 0 Å². The lowest BCUT2D eigenvalue weighted by Gasteiger charge is -2.02. The second-order valence-corrected chi connectivity index (χ2v) is 3.50. The third-order valence-electron chi connectivity index (χ3n) is 1.60. The SMILES string of the molecule is CCn1ccnc1CSCC(=O)O. The standard InChI is InChI=1S/C8H12N2O2S/c1-2-10-4-3-9-7(10)5-13-6-8(11)12/h3-4H,2,5-6H2,1H3,(H,11,12). The number of aryl methyl sites for hydroxylation is 1. The molecule has 13 heavy (non-hydrogen) atoms. The lowest BCUT2D eigenvalue weighted by atomic mass is 10.6. The first-order valence-corrected chi connectivity index (χ1v) is 5.19. The van der Waals surface area contributed by atoms with E-state index in [-0.39, 0.29) is 5.75 Å². The number of nitrogens with zero attached hydrogens (tertiary/aromatic N) is 2. The second-order valence-electron chi connectivity index (χ2n) is 2.52. The van der Waals surface area contributed by atoms with Crippen molar-refractivity contribution in [2.45, 2.75) is 19.2 Å². The van der Waals surface area contributed by atoms with Gasteiger partial charge in [-0.2, -0.15) is 0 Å². The third-order valence-corrected chi connectivity index (χ3v) is 2.51. The zero-order chi connectivity index (χ0) is 9.68. The van der Waals surface area contributed by atoms with E-state index < -0.39 is 5.97 Å². The van der Waals surface area contributed by atoms with E-state index in [0.29, 0.717) is 5.75 Å². The molecular formula is C8H12N2O2S. The highest BCUT2D eigenvalue weighted by atomic mass is 32.2. The number of thioether (sulfide) groups is 1. The monoisotopic (exact) mass is 200 g/mol. The Bertz CT molecular complexity index is 285. The molecule has 0 bridgehead atoms. The number of hydrogen-bond donors (Lipinski definition) is 1. The van der Waals surface area contributed by atoms with Gasteiger partial charge in [0.1, 0.15) is 5.82 Å². The van der Waals surface area contributed by atoms with Gasteiger partial charge >= 0.3 is 5.97 Å². The Balaban J connectivity index is 2.40. The first-order valence-electron chi connectivity index (χ1n) is 4.03. The molecule has 1 aromatic rings. The molecule has 5 heteroatoms. The van der Waals surface area contributed by atoms with Crippen molar-refractivity contribution in [1.82, 2.24) is 9.55 Å². The van der Waals surface area contributed by atoms with Crippen LogP contribution in [0.3, 0.4) is 0 Å². The highest BCUT2D eigenvalue weighted by molar-refractivity contribution is 7.99. The Labute approximate surface area is 81.0 Å². The normalized spacial score (nSPS) is 10.2. The van der Waals surface area contributed by atoms with E-state index in [4.69, 9.17) is 5.11 Å². The number of carbonyl (C=O) groups is 1. The van der Waals surface area contributed by atoms with Crippen LogP contribution in [0.5, 0.6) is 0 Å². The molecule has 72 valence electrons. The smallest absolute Gasteiger partial charge is 0.313 e. The summed E-state index contributed by atoms with van der Waals surface area (Å²) in [6.07, 6.45) is 3.64. The van der Waals surface area contributed by atoms with Gasteiger partial charge in [-0.25, -0.2) is 4.98 Å². The van der Waals surface area contributed by atoms with Gasteiger partial charge in [0, 0.05) is 18.9 Å². The van der Waals surface area contributed by atoms with Gasteiger partial charge in [0.25, 0.3) is 0 Å². The van der Waals surface area contributed by atoms with Crippen LogP contribution in [0.25, 0.3) is 0 Å². The van der Waals surface area contributed by atoms with Crippen molar-refractivity contribution in [3.63, 3.8) is 0 Å². The lowest BCUT2D eigenvalue weighted by Crippen LogP contribution is -2.02. The Morgan fingerprint density at radius 1 is 1.77 bits per heavy atom. The van der Waals surface area contributed by atoms with Crippen LogP contribution in [0.4, 0.5) is 0 Å². The van der Waals surface area contributed by atoms with Crippen LogP contribution >= 0.6 is 11.8 Å². The van der Waals surface area contributed by atoms with Crippen LogP contribution in [0.2, 0.25) is 0 Å². The molecule has 0 amide bonds. The van der Waals surface area contributed by atoms with Gasteiger partial charge in [-0.1, -0.05) is 0 Å². The summed E-state index contributed by atoms with van der Waals surface area (Å²) in [6, 6.07) is 0. The number of rotatable bonds is 5. The number of aromatic nitrogens is 2. The van der Waals surface area contributed by atoms with Crippen molar-refractivity contribution < 1.29 is 9.90 Å². The fourth-order valence-corrected chi connectivity index (χ4v) is 1.70. The fraction of sp³-hybridized carbons (Fsp3) is 0.500. The number of aliphatic carboxylic acids is 1. The predicted molar refractivity (Wildman–Crippen MR) is 51.7 cm³/mol. The van der Waals surface area contributed by atoms with Gasteiger partial charge in [0.2, 0.25) is 0 Å². The summed E-state index contributed by atoms with van der Waals surface area (Å²) in [5.74, 6) is 0.956. The number of imidazole rings is 1. The summed E-state index contributed by atoms with van der Waals surface area (Å²) in [5, 5.41) is 8.42. The average Bonchev–Trinajstić information content (AvgIpc) is 2.51. The van der Waals surface area contributed by atoms with Gasteiger partial charge in [0.05, 0.1) is 11.5 Å². The van der Waals surface area contributed by atoms with E-state index in [2.05, 4.69) is 4.98 Å². The Morgan fingerprint density at radius 2 is 2.54 bits per heavy atom. The number of carboxylic acid groups (broad SMARTS) is 1. The van der Waals surface area contributed by atoms with Crippen molar-refractivity contribution in [2.24, 2.45) is 0 Å². The van der Waals surface area contributed by atoms with Crippen molar-refractivity contribution in [2.75, 3.05) is 5.75 Å². The molecule has 0 aliphatic heterocycles. The Hall–Kier alpha value is -0.970. The van der Waals surface area contributed by atoms with Gasteiger partial charge in [-0.05, 0) is 6.92 Å². The van der Waals surface area contributed by atoms with E-state index in [1.807, 2.05) is 17.7 Å². The quantitative estimate of drug-likeness (QED) is 0.776. The summed E-state index contributed by atoms with van der Waals surface area (Å²) in [6.45, 7) is 2.91. The van der Waals surface area contributed by atoms with E-state index >= 15 is 0 Å². The molecule has 1 aromatic heterocycles. The molecule has 0 aliphatic carbocycles. The van der Waals surface area contributed by atoms with Crippen molar-refractivity contribution in [1.29, 1.82) is 0 Å². The van der Waals surface area contributed by atoms with Gasteiger partial charge in [0.15, 0.2) is 0 Å². The molecule has 0 saturated heterocycles. The largest absolute Gasteiger partial charge is 0.481 e. The van der Waals surface area contributed by atoms with Crippen LogP contribution in [-0.4, -0.2) is 26.4 Å². The molecule has 0 unspecified atom stereocenters. The highest BCUT2D eigenvalue weighted by Crippen LogP contribution is 2.09. The maximum atomic E-state index is 10.2. The summed E-state index contributed by atoms with van der Waals surface area (Å²) >= 11 is 1.37. The zero-order valence-corrected chi connectivity index (χ0v) is 8.25. The first-order chi connectivity index (χ1) is 6.24. The van der Waals surface area contributed by atoms with Gasteiger partial charge in [-0.15, -0.1) is 11.8 Å². The van der Waals surface area contributed by atoms with E-state index in [1.165, 1.54) is 11.8 Å². The Kier molecular flexibility index (Phi) is 3.82. The maximum Gasteiger partial charge on any atom is 0.313 e. The topological polar surface area (TPSA) is 55.1 Å². The van der Waals surface area contributed by atoms with E-state index in [9.17, 15) is 4.79 Å². The zero-order valence-electron chi connectivity index (χ0n) is 7.43. The lowest BCUT2D eigenvalue weighted by molar-refractivity contribution is -0.133. The molecule has 0 fully saturated rings. The van der Waals surface area contributed by atoms with Gasteiger partial charge in [-0.3, -0.25) is 4.79 Å². The summed E-state index contributed by atoms with van der Waals surface area (Å²) < 4.78 is 2.01. The minimum atomic E-state index is -0.778. The average molecular weight is 200 g/mol. The minimum Gasteiger partial charge on any atom is -0.481 e. The molecule has 0 aromatic carbocycles. The fourth-order valence-electron chi connectivity index (χ4n) is 0.998. The summed E-state index contributed by atoms with van der Waals surface area (Å²) in [7, 11) is 0. The van der Waals surface area contributed by atoms with Crippen molar-refractivity contribution in [3.05, 3.63) is 18.2 Å². The van der Waals surface area contributed by atoms with E-state index in [0.717, 1.165) is 12.4 Å². The second kappa shape index (κ2) is 4.91. The molecule has 0 saturated carbocycles. The molecule has 0 radical (unpaired) electrons. The van der Waals surface area contributed by atoms with Gasteiger partial charge < -0.3 is 9.67 Å². The molecule has 0 aliphatic rings. The van der Waals surface area contributed by atoms with Crippen LogP contribution in [-0.2, 0) is 17.1 Å². The van der Waals surface area contributed by atoms with E-state index in [1.54, 1.807) is 6.20 Å². The number of carboxylic acids is 1. The molecule has 4 nitrogen and oxygen atoms in total. The summed E-state index contributed by atoms with van der Waals surface area (Å²) in [4.78, 5) is 14.4. The molecule has 0 atom stereocenters. The summed E-state index contributed by atoms with van der Waals surface area (Å²) in [5.41, 5.74) is 0. The molecule has 1 heterocycles. The number of hydrogen-bond acceptors (Lipinski definition) is 3. The van der Waals surface area contributed by atoms with Crippen molar-refractivity contribution >= 4 is 17.7 Å². The molecular weight excluding hydrogens is 188 g/mol. The highest BCUT2D eigenvalue weighted by Gasteiger charge is 2.02. The predicted octanol–water partition coefficient (Wildman–Crippen LogP) is 1.22. The Morgan fingerprint density at radius 3 is 3.15 bits per heavy atom. The third kappa shape index (κ3) is 3.10. The molecule has 1 rings (SSSR count). The van der Waals surface area contributed by atoms with Crippen LogP contribution in [0, 0.1) is 0 Å². The van der Waals surface area contributed by atoms with Crippen LogP contribution in [0.1, 0.15) is 12.7 Å². The maximum absolute atomic E-state index is 10.2. The first kappa shape index (κ1) is 10.1. The minimum absolute atomic E-state index is 0.135.